The van der Waals surface area contributed by atoms with Crippen molar-refractivity contribution >= 4 is 28.4 Å². The largest absolute Gasteiger partial charge is 0.478 e. The SMILES string of the molecule is C#CCN(Cc1ccc2nc(C)n(COC(=O)C(C)(C)C)c(=O)c2c1)C1(F)C(c2ccccc2)=C(F)C(F)=C(F)C1(F)C(=O)O. The zero-order valence-corrected chi connectivity index (χ0v) is 24.6. The van der Waals surface area contributed by atoms with Gasteiger partial charge in [-0.2, -0.15) is 0 Å². The number of fused-ring (bicyclic) bond motifs is 1. The van der Waals surface area contributed by atoms with Crippen LogP contribution in [0.4, 0.5) is 22.0 Å². The molecule has 0 radical (unpaired) electrons. The molecule has 1 aliphatic rings. The molecule has 0 amide bonds. The van der Waals surface area contributed by atoms with Crippen molar-refractivity contribution in [3.63, 3.8) is 0 Å². The molecule has 1 heterocycles. The number of terminal acetylenes is 1. The van der Waals surface area contributed by atoms with E-state index in [-0.39, 0.29) is 22.3 Å². The standard InChI is InChI=1S/C32H28F5N3O5/c1-6-14-39(32(37)23(20-10-8-7-9-11-20)24(33)25(34)26(35)31(32,36)28(42)43)16-19-12-13-22-21(15-19)27(41)40(18(2)38-22)17-45-29(44)30(3,4)5/h1,7-13,15H,14,16-17H2,2-5H3,(H,42,43). The van der Waals surface area contributed by atoms with Gasteiger partial charge in [0.2, 0.25) is 5.79 Å². The second kappa shape index (κ2) is 11.9. The zero-order valence-electron chi connectivity index (χ0n) is 24.6. The fraction of sp³-hybridized carbons (Fsp3) is 0.312. The van der Waals surface area contributed by atoms with Gasteiger partial charge in [-0.05, 0) is 51.0 Å². The van der Waals surface area contributed by atoms with E-state index in [0.29, 0.717) is 4.90 Å². The minimum absolute atomic E-state index is 0.0201. The van der Waals surface area contributed by atoms with E-state index in [2.05, 4.69) is 4.98 Å². The summed E-state index contributed by atoms with van der Waals surface area (Å²) in [5.41, 5.74) is -8.02. The van der Waals surface area contributed by atoms with Crippen LogP contribution in [0.5, 0.6) is 0 Å². The van der Waals surface area contributed by atoms with E-state index in [1.165, 1.54) is 43.3 Å². The Morgan fingerprint density at radius 1 is 1.09 bits per heavy atom. The van der Waals surface area contributed by atoms with Crippen molar-refractivity contribution in [1.29, 1.82) is 0 Å². The third kappa shape index (κ3) is 5.50. The smallest absolute Gasteiger partial charge is 0.354 e. The molecular weight excluding hydrogens is 601 g/mol. The van der Waals surface area contributed by atoms with Crippen LogP contribution in [0, 0.1) is 24.7 Å². The lowest BCUT2D eigenvalue weighted by Crippen LogP contribution is -2.65. The molecule has 8 nitrogen and oxygen atoms in total. The minimum atomic E-state index is -4.78. The van der Waals surface area contributed by atoms with Crippen molar-refractivity contribution in [3.05, 3.63) is 93.3 Å². The first-order valence-corrected chi connectivity index (χ1v) is 13.5. The molecule has 236 valence electrons. The predicted molar refractivity (Wildman–Crippen MR) is 155 cm³/mol. The average molecular weight is 630 g/mol. The van der Waals surface area contributed by atoms with E-state index < -0.39 is 82.8 Å². The van der Waals surface area contributed by atoms with Crippen LogP contribution >= 0.6 is 0 Å². The maximum atomic E-state index is 17.4. The maximum Gasteiger partial charge on any atom is 0.354 e. The number of alkyl halides is 2. The monoisotopic (exact) mass is 629 g/mol. The van der Waals surface area contributed by atoms with Crippen molar-refractivity contribution in [2.45, 2.75) is 52.4 Å². The van der Waals surface area contributed by atoms with Gasteiger partial charge < -0.3 is 9.84 Å². The van der Waals surface area contributed by atoms with Crippen molar-refractivity contribution in [2.24, 2.45) is 5.41 Å². The van der Waals surface area contributed by atoms with Gasteiger partial charge >= 0.3 is 17.6 Å². The number of hydrogen-bond donors (Lipinski definition) is 1. The molecule has 45 heavy (non-hydrogen) atoms. The molecule has 4 rings (SSSR count). The molecule has 0 bridgehead atoms. The molecule has 0 aliphatic heterocycles. The van der Waals surface area contributed by atoms with Gasteiger partial charge in [0.25, 0.3) is 5.56 Å². The summed E-state index contributed by atoms with van der Waals surface area (Å²) >= 11 is 0. The molecule has 13 heteroatoms. The van der Waals surface area contributed by atoms with E-state index in [9.17, 15) is 23.9 Å². The highest BCUT2D eigenvalue weighted by molar-refractivity contribution is 5.93. The third-order valence-electron chi connectivity index (χ3n) is 7.29. The number of esters is 1. The lowest BCUT2D eigenvalue weighted by molar-refractivity contribution is -0.171. The zero-order chi connectivity index (χ0) is 33.5. The number of allylic oxidation sites excluding steroid dienone is 2. The Hall–Kier alpha value is -4.83. The maximum absolute atomic E-state index is 17.4. The highest BCUT2D eigenvalue weighted by atomic mass is 19.2. The number of aryl methyl sites for hydroxylation is 1. The number of carbonyl (C=O) groups is 2. The second-order valence-electron chi connectivity index (χ2n) is 11.4. The molecule has 3 aromatic rings. The number of hydrogen-bond acceptors (Lipinski definition) is 6. The number of ether oxygens (including phenoxy) is 1. The quantitative estimate of drug-likeness (QED) is 0.148. The van der Waals surface area contributed by atoms with Crippen LogP contribution in [0.2, 0.25) is 0 Å². The van der Waals surface area contributed by atoms with Gasteiger partial charge in [-0.25, -0.2) is 36.6 Å². The molecule has 0 saturated carbocycles. The number of benzene rings is 2. The normalized spacial score (nSPS) is 20.5. The summed E-state index contributed by atoms with van der Waals surface area (Å²) in [6.07, 6.45) is 5.41. The molecule has 0 fully saturated rings. The van der Waals surface area contributed by atoms with E-state index in [1.54, 1.807) is 20.8 Å². The Kier molecular flexibility index (Phi) is 8.77. The molecule has 1 aromatic heterocycles. The molecule has 2 unspecified atom stereocenters. The molecule has 0 saturated heterocycles. The Labute approximate surface area is 254 Å². The Morgan fingerprint density at radius 2 is 1.73 bits per heavy atom. The van der Waals surface area contributed by atoms with Gasteiger partial charge in [0.05, 0.1) is 28.4 Å². The summed E-state index contributed by atoms with van der Waals surface area (Å²) in [6.45, 7) is 4.18. The average Bonchev–Trinajstić information content (AvgIpc) is 2.98. The summed E-state index contributed by atoms with van der Waals surface area (Å²) in [7, 11) is 0. The highest BCUT2D eigenvalue weighted by Crippen LogP contribution is 2.56. The first-order valence-electron chi connectivity index (χ1n) is 13.5. The number of nitrogens with zero attached hydrogens (tertiary/aromatic N) is 3. The summed E-state index contributed by atoms with van der Waals surface area (Å²) in [4.78, 5) is 42.5. The number of aliphatic carboxylic acids is 1. The fourth-order valence-electron chi connectivity index (χ4n) is 4.93. The van der Waals surface area contributed by atoms with E-state index in [1.807, 2.05) is 5.92 Å². The van der Waals surface area contributed by atoms with Crippen LogP contribution in [0.1, 0.15) is 37.7 Å². The van der Waals surface area contributed by atoms with Gasteiger partial charge in [0, 0.05) is 6.54 Å². The fourth-order valence-corrected chi connectivity index (χ4v) is 4.93. The Balaban J connectivity index is 1.88. The lowest BCUT2D eigenvalue weighted by atomic mass is 9.77. The first kappa shape index (κ1) is 33.1. The predicted octanol–water partition coefficient (Wildman–Crippen LogP) is 5.69. The number of carbonyl (C=O) groups excluding carboxylic acids is 1. The Bertz CT molecular complexity index is 1860. The van der Waals surface area contributed by atoms with Crippen LogP contribution in [-0.4, -0.2) is 49.5 Å². The van der Waals surface area contributed by atoms with Crippen LogP contribution in [-0.2, 0) is 27.6 Å². The summed E-state index contributed by atoms with van der Waals surface area (Å²) in [6, 6.07) is 10.0. The van der Waals surface area contributed by atoms with Gasteiger partial charge in [0.1, 0.15) is 5.82 Å². The van der Waals surface area contributed by atoms with Gasteiger partial charge in [-0.15, -0.1) is 6.42 Å². The third-order valence-corrected chi connectivity index (χ3v) is 7.29. The molecule has 2 aromatic carbocycles. The van der Waals surface area contributed by atoms with Crippen LogP contribution in [0.15, 0.2) is 70.8 Å². The van der Waals surface area contributed by atoms with Gasteiger partial charge in [0.15, 0.2) is 24.2 Å². The number of carboxylic acid groups (broad SMARTS) is 1. The molecular formula is C32H28F5N3O5. The number of rotatable bonds is 8. The van der Waals surface area contributed by atoms with Crippen LogP contribution in [0.3, 0.4) is 0 Å². The topological polar surface area (TPSA) is 102 Å². The molecule has 2 atom stereocenters. The van der Waals surface area contributed by atoms with Crippen molar-refractivity contribution in [1.82, 2.24) is 14.5 Å². The van der Waals surface area contributed by atoms with E-state index >= 15 is 17.6 Å². The van der Waals surface area contributed by atoms with Crippen LogP contribution in [0.25, 0.3) is 16.5 Å². The molecule has 1 N–H and O–H groups in total. The number of halogens is 5. The number of carboxylic acids is 1. The second-order valence-corrected chi connectivity index (χ2v) is 11.4. The van der Waals surface area contributed by atoms with Crippen molar-refractivity contribution in [2.75, 3.05) is 6.54 Å². The van der Waals surface area contributed by atoms with Crippen molar-refractivity contribution in [3.8, 4) is 12.3 Å². The summed E-state index contributed by atoms with van der Waals surface area (Å²) in [5.74, 6) is -12.8. The summed E-state index contributed by atoms with van der Waals surface area (Å²) < 4.78 is 85.3. The Morgan fingerprint density at radius 3 is 2.31 bits per heavy atom. The minimum Gasteiger partial charge on any atom is -0.478 e. The van der Waals surface area contributed by atoms with E-state index in [4.69, 9.17) is 11.2 Å². The highest BCUT2D eigenvalue weighted by Gasteiger charge is 2.71. The van der Waals surface area contributed by atoms with Crippen LogP contribution < -0.4 is 5.56 Å². The van der Waals surface area contributed by atoms with Gasteiger partial charge in [-0.1, -0.05) is 42.3 Å². The molecule has 1 aliphatic carbocycles. The molecule has 0 spiro atoms. The van der Waals surface area contributed by atoms with Gasteiger partial charge in [-0.3, -0.25) is 14.2 Å². The number of aromatic nitrogens is 2. The first-order chi connectivity index (χ1) is 21.0. The summed E-state index contributed by atoms with van der Waals surface area (Å²) in [5, 5.41) is 9.70. The lowest BCUT2D eigenvalue weighted by Gasteiger charge is -2.46. The van der Waals surface area contributed by atoms with E-state index in [0.717, 1.165) is 16.7 Å². The van der Waals surface area contributed by atoms with Crippen molar-refractivity contribution < 1.29 is 41.4 Å².